The average Bonchev–Trinajstić information content (AvgIpc) is 3.24. The Labute approximate surface area is 172 Å². The van der Waals surface area contributed by atoms with Gasteiger partial charge in [-0.15, -0.1) is 0 Å². The number of allylic oxidation sites excluding steroid dienone is 1. The molecular formula is C22H35FO6. The molecule has 1 saturated heterocycles. The summed E-state index contributed by atoms with van der Waals surface area (Å²) < 4.78 is 24.7. The second-order valence-electron chi connectivity index (χ2n) is 8.31. The molecule has 2 rings (SSSR count). The average molecular weight is 415 g/mol. The molecule has 1 unspecified atom stereocenters. The third-order valence-electron chi connectivity index (χ3n) is 6.26. The van der Waals surface area contributed by atoms with Crippen molar-refractivity contribution in [1.29, 1.82) is 0 Å². The molecule has 1 saturated carbocycles. The predicted molar refractivity (Wildman–Crippen MR) is 106 cm³/mol. The van der Waals surface area contributed by atoms with Crippen LogP contribution in [-0.4, -0.2) is 53.7 Å². The van der Waals surface area contributed by atoms with Crippen LogP contribution in [0.4, 0.5) is 4.39 Å². The number of carboxylic acids is 1. The van der Waals surface area contributed by atoms with Gasteiger partial charge in [-0.1, -0.05) is 38.3 Å². The normalized spacial score (nSPS) is 31.0. The Morgan fingerprint density at radius 3 is 2.69 bits per heavy atom. The summed E-state index contributed by atoms with van der Waals surface area (Å²) in [5.74, 6) is -1.84. The van der Waals surface area contributed by atoms with Crippen LogP contribution in [-0.2, 0) is 19.1 Å². The van der Waals surface area contributed by atoms with E-state index in [4.69, 9.17) is 4.74 Å². The fraction of sp³-hybridized carbons (Fsp3) is 0.818. The van der Waals surface area contributed by atoms with E-state index in [1.807, 2.05) is 6.92 Å². The standard InChI is InChI=1S/C22H35FO6/c1-3-4-8-18(23)19(24)11-10-15-16-12-14(7-5-6-9-21(25)28-2)29-20(16)13-17(15)22(26)27/h10-11,14-20,24H,3-9,12-13H2,1-2H3,(H,26,27)/b11-10+/t14-,15+,16-,17?,18-,19-,20+/m1/s1. The number of hydrogen-bond acceptors (Lipinski definition) is 5. The number of aliphatic hydroxyl groups excluding tert-OH is 1. The predicted octanol–water partition coefficient (Wildman–Crippen LogP) is 3.66. The highest BCUT2D eigenvalue weighted by atomic mass is 19.1. The minimum Gasteiger partial charge on any atom is -0.481 e. The topological polar surface area (TPSA) is 93.1 Å². The van der Waals surface area contributed by atoms with Crippen molar-refractivity contribution in [2.45, 2.75) is 89.2 Å². The Balaban J connectivity index is 1.90. The van der Waals surface area contributed by atoms with E-state index >= 15 is 0 Å². The van der Waals surface area contributed by atoms with Crippen LogP contribution in [0.15, 0.2) is 12.2 Å². The summed E-state index contributed by atoms with van der Waals surface area (Å²) in [4.78, 5) is 22.9. The van der Waals surface area contributed by atoms with Crippen LogP contribution < -0.4 is 0 Å². The quantitative estimate of drug-likeness (QED) is 0.288. The molecule has 0 aromatic heterocycles. The zero-order valence-corrected chi connectivity index (χ0v) is 17.5. The Kier molecular flexibility index (Phi) is 9.56. The maximum absolute atomic E-state index is 14.0. The largest absolute Gasteiger partial charge is 0.481 e. The number of methoxy groups -OCH3 is 1. The van der Waals surface area contributed by atoms with Gasteiger partial charge in [0.1, 0.15) is 12.3 Å². The number of aliphatic hydroxyl groups is 1. The molecule has 0 bridgehead atoms. The summed E-state index contributed by atoms with van der Waals surface area (Å²) in [6.07, 6.45) is 6.43. The SMILES string of the molecule is CCCC[C@@H](F)[C@H](O)/C=C/[C@@H]1C(C(=O)O)C[C@@H]2O[C@H](CCCCC(=O)OC)C[C@@H]21. The Hall–Kier alpha value is -1.47. The zero-order valence-electron chi connectivity index (χ0n) is 17.5. The molecule has 2 N–H and O–H groups in total. The highest BCUT2D eigenvalue weighted by Crippen LogP contribution is 2.48. The molecule has 2 fully saturated rings. The fourth-order valence-corrected chi connectivity index (χ4v) is 4.60. The summed E-state index contributed by atoms with van der Waals surface area (Å²) in [6.45, 7) is 1.97. The molecule has 1 aliphatic heterocycles. The van der Waals surface area contributed by atoms with Gasteiger partial charge in [0.25, 0.3) is 0 Å². The van der Waals surface area contributed by atoms with Crippen LogP contribution in [0, 0.1) is 17.8 Å². The summed E-state index contributed by atoms with van der Waals surface area (Å²) >= 11 is 0. The third kappa shape index (κ3) is 6.78. The van der Waals surface area contributed by atoms with Crippen molar-refractivity contribution in [2.75, 3.05) is 7.11 Å². The number of carbonyl (C=O) groups is 2. The van der Waals surface area contributed by atoms with Gasteiger partial charge in [-0.25, -0.2) is 4.39 Å². The van der Waals surface area contributed by atoms with Gasteiger partial charge in [0.15, 0.2) is 0 Å². The number of carbonyl (C=O) groups excluding carboxylic acids is 1. The van der Waals surface area contributed by atoms with E-state index in [1.165, 1.54) is 13.2 Å². The Morgan fingerprint density at radius 2 is 2.03 bits per heavy atom. The van der Waals surface area contributed by atoms with E-state index in [0.717, 1.165) is 32.1 Å². The lowest BCUT2D eigenvalue weighted by molar-refractivity contribution is -0.143. The summed E-state index contributed by atoms with van der Waals surface area (Å²) in [7, 11) is 1.38. The lowest BCUT2D eigenvalue weighted by Crippen LogP contribution is -2.24. The van der Waals surface area contributed by atoms with Crippen LogP contribution in [0.1, 0.15) is 64.7 Å². The maximum Gasteiger partial charge on any atom is 0.307 e. The zero-order chi connectivity index (χ0) is 21.4. The van der Waals surface area contributed by atoms with Gasteiger partial charge in [-0.3, -0.25) is 9.59 Å². The van der Waals surface area contributed by atoms with Crippen molar-refractivity contribution in [3.63, 3.8) is 0 Å². The lowest BCUT2D eigenvalue weighted by atomic mass is 9.85. The van der Waals surface area contributed by atoms with E-state index in [2.05, 4.69) is 4.74 Å². The van der Waals surface area contributed by atoms with E-state index in [1.54, 1.807) is 6.08 Å². The molecule has 1 aliphatic carbocycles. The number of halogens is 1. The molecule has 0 aromatic rings. The summed E-state index contributed by atoms with van der Waals surface area (Å²) in [5.41, 5.74) is 0. The maximum atomic E-state index is 14.0. The first-order valence-corrected chi connectivity index (χ1v) is 10.8. The van der Waals surface area contributed by atoms with E-state index < -0.39 is 24.2 Å². The molecule has 7 atom stereocenters. The Bertz CT molecular complexity index is 566. The molecule has 7 heteroatoms. The first-order chi connectivity index (χ1) is 13.9. The van der Waals surface area contributed by atoms with Gasteiger partial charge in [0, 0.05) is 6.42 Å². The highest BCUT2D eigenvalue weighted by molar-refractivity contribution is 5.71. The van der Waals surface area contributed by atoms with Crippen molar-refractivity contribution in [1.82, 2.24) is 0 Å². The van der Waals surface area contributed by atoms with E-state index in [0.29, 0.717) is 25.7 Å². The first kappa shape index (κ1) is 23.8. The monoisotopic (exact) mass is 414 g/mol. The van der Waals surface area contributed by atoms with Gasteiger partial charge in [-0.2, -0.15) is 0 Å². The molecule has 166 valence electrons. The number of hydrogen-bond donors (Lipinski definition) is 2. The van der Waals surface area contributed by atoms with Crippen molar-refractivity contribution in [3.8, 4) is 0 Å². The number of rotatable bonds is 12. The smallest absolute Gasteiger partial charge is 0.307 e. The summed E-state index contributed by atoms with van der Waals surface area (Å²) in [6, 6.07) is 0. The molecule has 0 aromatic carbocycles. The van der Waals surface area contributed by atoms with Crippen LogP contribution >= 0.6 is 0 Å². The molecule has 29 heavy (non-hydrogen) atoms. The van der Waals surface area contributed by atoms with Crippen LogP contribution in [0.3, 0.4) is 0 Å². The number of aliphatic carboxylic acids is 1. The van der Waals surface area contributed by atoms with E-state index in [-0.39, 0.29) is 30.0 Å². The van der Waals surface area contributed by atoms with Crippen molar-refractivity contribution in [2.24, 2.45) is 17.8 Å². The molecule has 0 radical (unpaired) electrons. The highest BCUT2D eigenvalue weighted by Gasteiger charge is 2.50. The number of alkyl halides is 1. The molecular weight excluding hydrogens is 379 g/mol. The molecule has 0 amide bonds. The molecule has 2 aliphatic rings. The number of carboxylic acid groups (broad SMARTS) is 1. The van der Waals surface area contributed by atoms with Gasteiger partial charge in [0.05, 0.1) is 25.2 Å². The number of fused-ring (bicyclic) bond motifs is 1. The number of esters is 1. The second kappa shape index (κ2) is 11.6. The van der Waals surface area contributed by atoms with Gasteiger partial charge in [-0.05, 0) is 43.9 Å². The first-order valence-electron chi connectivity index (χ1n) is 10.8. The number of unbranched alkanes of at least 4 members (excludes halogenated alkanes) is 2. The van der Waals surface area contributed by atoms with E-state index in [9.17, 15) is 24.2 Å². The third-order valence-corrected chi connectivity index (χ3v) is 6.26. The van der Waals surface area contributed by atoms with Crippen molar-refractivity contribution < 1.29 is 33.7 Å². The van der Waals surface area contributed by atoms with Crippen LogP contribution in [0.2, 0.25) is 0 Å². The Morgan fingerprint density at radius 1 is 1.28 bits per heavy atom. The number of ether oxygens (including phenoxy) is 2. The van der Waals surface area contributed by atoms with Gasteiger partial charge >= 0.3 is 11.9 Å². The van der Waals surface area contributed by atoms with Crippen molar-refractivity contribution in [3.05, 3.63) is 12.2 Å². The second-order valence-corrected chi connectivity index (χ2v) is 8.31. The summed E-state index contributed by atoms with van der Waals surface area (Å²) in [5, 5.41) is 19.6. The van der Waals surface area contributed by atoms with Gasteiger partial charge in [0.2, 0.25) is 0 Å². The minimum absolute atomic E-state index is 0.0525. The fourth-order valence-electron chi connectivity index (χ4n) is 4.60. The molecule has 6 nitrogen and oxygen atoms in total. The molecule has 1 heterocycles. The van der Waals surface area contributed by atoms with Crippen molar-refractivity contribution >= 4 is 11.9 Å². The minimum atomic E-state index is -1.32. The van der Waals surface area contributed by atoms with Crippen LogP contribution in [0.25, 0.3) is 0 Å². The van der Waals surface area contributed by atoms with Gasteiger partial charge < -0.3 is 19.7 Å². The lowest BCUT2D eigenvalue weighted by Gasteiger charge is -2.19. The van der Waals surface area contributed by atoms with Crippen LogP contribution in [0.5, 0.6) is 0 Å². The molecule has 0 spiro atoms.